The molecule has 1 unspecified atom stereocenters. The molecule has 2 heterocycles. The van der Waals surface area contributed by atoms with Gasteiger partial charge in [0, 0.05) is 23.3 Å². The molecule has 1 aliphatic heterocycles. The molecule has 1 atom stereocenters. The zero-order chi connectivity index (χ0) is 14.9. The van der Waals surface area contributed by atoms with E-state index in [0.29, 0.717) is 0 Å². The van der Waals surface area contributed by atoms with Crippen LogP contribution in [-0.2, 0) is 0 Å². The van der Waals surface area contributed by atoms with Crippen LogP contribution in [0.25, 0.3) is 10.8 Å². The van der Waals surface area contributed by atoms with Crippen molar-refractivity contribution in [3.63, 3.8) is 0 Å². The first-order chi connectivity index (χ1) is 10.1. The maximum Gasteiger partial charge on any atom is 0.0974 e. The van der Waals surface area contributed by atoms with E-state index in [1.165, 1.54) is 19.3 Å². The summed E-state index contributed by atoms with van der Waals surface area (Å²) < 4.78 is 0. The molecule has 1 aromatic carbocycles. The van der Waals surface area contributed by atoms with E-state index in [2.05, 4.69) is 23.7 Å². The number of likely N-dealkylation sites (tertiary alicyclic amines) is 1. The molecule has 0 aliphatic carbocycles. The highest BCUT2D eigenvalue weighted by molar-refractivity contribution is 5.85. The van der Waals surface area contributed by atoms with E-state index in [9.17, 15) is 5.11 Å². The molecule has 21 heavy (non-hydrogen) atoms. The molecular formula is C18H24N2O. The number of piperidine rings is 1. The van der Waals surface area contributed by atoms with Gasteiger partial charge in [0.2, 0.25) is 0 Å². The topological polar surface area (TPSA) is 36.4 Å². The predicted octanol–water partition coefficient (Wildman–Crippen LogP) is 3.53. The Morgan fingerprint density at radius 2 is 1.90 bits per heavy atom. The molecule has 1 N–H and O–H groups in total. The van der Waals surface area contributed by atoms with E-state index in [0.717, 1.165) is 29.4 Å². The standard InChI is InChI=1S/C18H24N2O/c1-18(2,20-11-4-3-5-12-20)17(21)16-8-6-7-14-13-19-10-9-15(14)16/h6-10,13,17,21H,3-5,11-12H2,1-2H3. The number of nitrogens with zero attached hydrogens (tertiary/aromatic N) is 2. The van der Waals surface area contributed by atoms with Crippen molar-refractivity contribution in [3.8, 4) is 0 Å². The minimum atomic E-state index is -0.498. The van der Waals surface area contributed by atoms with Gasteiger partial charge in [-0.3, -0.25) is 9.88 Å². The van der Waals surface area contributed by atoms with E-state index in [4.69, 9.17) is 0 Å². The molecular weight excluding hydrogens is 260 g/mol. The van der Waals surface area contributed by atoms with Crippen molar-refractivity contribution < 1.29 is 5.11 Å². The van der Waals surface area contributed by atoms with Crippen molar-refractivity contribution in [3.05, 3.63) is 42.2 Å². The number of benzene rings is 1. The van der Waals surface area contributed by atoms with Crippen LogP contribution in [0.1, 0.15) is 44.8 Å². The Morgan fingerprint density at radius 3 is 2.67 bits per heavy atom. The number of fused-ring (bicyclic) bond motifs is 1. The van der Waals surface area contributed by atoms with Gasteiger partial charge in [0.15, 0.2) is 0 Å². The molecule has 0 amide bonds. The molecule has 2 aromatic rings. The fraction of sp³-hybridized carbons (Fsp3) is 0.500. The molecule has 1 saturated heterocycles. The van der Waals surface area contributed by atoms with Crippen LogP contribution in [0.4, 0.5) is 0 Å². The Hall–Kier alpha value is -1.45. The van der Waals surface area contributed by atoms with Crippen molar-refractivity contribution >= 4 is 10.8 Å². The summed E-state index contributed by atoms with van der Waals surface area (Å²) in [6.07, 6.45) is 6.93. The third-order valence-corrected chi connectivity index (χ3v) is 4.85. The molecule has 0 radical (unpaired) electrons. The Kier molecular flexibility index (Phi) is 3.96. The average molecular weight is 284 g/mol. The monoisotopic (exact) mass is 284 g/mol. The van der Waals surface area contributed by atoms with E-state index in [1.54, 1.807) is 6.20 Å². The molecule has 1 fully saturated rings. The maximum absolute atomic E-state index is 11.0. The minimum absolute atomic E-state index is 0.252. The Labute approximate surface area is 126 Å². The number of hydrogen-bond acceptors (Lipinski definition) is 3. The van der Waals surface area contributed by atoms with Gasteiger partial charge < -0.3 is 5.11 Å². The highest BCUT2D eigenvalue weighted by Crippen LogP contribution is 2.35. The first-order valence-electron chi connectivity index (χ1n) is 7.86. The maximum atomic E-state index is 11.0. The largest absolute Gasteiger partial charge is 0.386 e. The van der Waals surface area contributed by atoms with E-state index in [1.807, 2.05) is 30.5 Å². The fourth-order valence-corrected chi connectivity index (χ4v) is 3.41. The zero-order valence-electron chi connectivity index (χ0n) is 12.9. The van der Waals surface area contributed by atoms with Crippen LogP contribution < -0.4 is 0 Å². The number of aliphatic hydroxyl groups excluding tert-OH is 1. The SMILES string of the molecule is CC(C)(C(O)c1cccc2cnccc12)N1CCCCC1. The number of aromatic nitrogens is 1. The van der Waals surface area contributed by atoms with Crippen molar-refractivity contribution in [1.82, 2.24) is 9.88 Å². The molecule has 3 heteroatoms. The van der Waals surface area contributed by atoms with Gasteiger partial charge in [0.05, 0.1) is 6.10 Å². The summed E-state index contributed by atoms with van der Waals surface area (Å²) in [7, 11) is 0. The average Bonchev–Trinajstić information content (AvgIpc) is 2.54. The Bertz CT molecular complexity index is 612. The molecule has 0 bridgehead atoms. The third kappa shape index (κ3) is 2.68. The first kappa shape index (κ1) is 14.5. The number of hydrogen-bond donors (Lipinski definition) is 1. The van der Waals surface area contributed by atoms with Crippen molar-refractivity contribution in [2.24, 2.45) is 0 Å². The zero-order valence-corrected chi connectivity index (χ0v) is 12.9. The first-order valence-corrected chi connectivity index (χ1v) is 7.86. The molecule has 1 aliphatic rings. The van der Waals surface area contributed by atoms with Crippen LogP contribution in [0.15, 0.2) is 36.7 Å². The second-order valence-electron chi connectivity index (χ2n) is 6.55. The lowest BCUT2D eigenvalue weighted by Gasteiger charge is -2.44. The van der Waals surface area contributed by atoms with Crippen molar-refractivity contribution in [1.29, 1.82) is 0 Å². The van der Waals surface area contributed by atoms with Crippen LogP contribution >= 0.6 is 0 Å². The quantitative estimate of drug-likeness (QED) is 0.936. The molecule has 3 rings (SSSR count). The molecule has 1 aromatic heterocycles. The smallest absolute Gasteiger partial charge is 0.0974 e. The van der Waals surface area contributed by atoms with Crippen LogP contribution in [0, 0.1) is 0 Å². The van der Waals surface area contributed by atoms with Crippen LogP contribution in [-0.4, -0.2) is 33.6 Å². The second-order valence-corrected chi connectivity index (χ2v) is 6.55. The van der Waals surface area contributed by atoms with Gasteiger partial charge in [-0.15, -0.1) is 0 Å². The van der Waals surface area contributed by atoms with Gasteiger partial charge in [0.25, 0.3) is 0 Å². The predicted molar refractivity (Wildman–Crippen MR) is 86.2 cm³/mol. The van der Waals surface area contributed by atoms with Gasteiger partial charge in [0.1, 0.15) is 0 Å². The summed E-state index contributed by atoms with van der Waals surface area (Å²) in [6.45, 7) is 6.47. The van der Waals surface area contributed by atoms with Crippen LogP contribution in [0.2, 0.25) is 0 Å². The molecule has 0 saturated carbocycles. The normalized spacial score (nSPS) is 18.8. The number of rotatable bonds is 3. The molecule has 3 nitrogen and oxygen atoms in total. The summed E-state index contributed by atoms with van der Waals surface area (Å²) in [5.74, 6) is 0. The second kappa shape index (κ2) is 5.74. The Morgan fingerprint density at radius 1 is 1.14 bits per heavy atom. The van der Waals surface area contributed by atoms with E-state index >= 15 is 0 Å². The number of pyridine rings is 1. The van der Waals surface area contributed by atoms with Gasteiger partial charge in [-0.25, -0.2) is 0 Å². The van der Waals surface area contributed by atoms with Gasteiger partial charge in [-0.2, -0.15) is 0 Å². The van der Waals surface area contributed by atoms with Crippen molar-refractivity contribution in [2.45, 2.75) is 44.8 Å². The van der Waals surface area contributed by atoms with E-state index < -0.39 is 6.10 Å². The highest BCUT2D eigenvalue weighted by Gasteiger charge is 2.36. The highest BCUT2D eigenvalue weighted by atomic mass is 16.3. The minimum Gasteiger partial charge on any atom is -0.386 e. The summed E-state index contributed by atoms with van der Waals surface area (Å²) in [5.41, 5.74) is 0.753. The van der Waals surface area contributed by atoms with E-state index in [-0.39, 0.29) is 5.54 Å². The number of aliphatic hydroxyl groups is 1. The van der Waals surface area contributed by atoms with Gasteiger partial charge >= 0.3 is 0 Å². The summed E-state index contributed by atoms with van der Waals surface area (Å²) >= 11 is 0. The summed E-state index contributed by atoms with van der Waals surface area (Å²) in [4.78, 5) is 6.61. The Balaban J connectivity index is 1.97. The lowest BCUT2D eigenvalue weighted by molar-refractivity contribution is -0.0201. The van der Waals surface area contributed by atoms with Crippen molar-refractivity contribution in [2.75, 3.05) is 13.1 Å². The van der Waals surface area contributed by atoms with Crippen LogP contribution in [0.5, 0.6) is 0 Å². The fourth-order valence-electron chi connectivity index (χ4n) is 3.41. The lowest BCUT2D eigenvalue weighted by Crippen LogP contribution is -2.50. The summed E-state index contributed by atoms with van der Waals surface area (Å²) in [5, 5.41) is 13.2. The van der Waals surface area contributed by atoms with Gasteiger partial charge in [-0.05, 0) is 56.8 Å². The van der Waals surface area contributed by atoms with Crippen LogP contribution in [0.3, 0.4) is 0 Å². The van der Waals surface area contributed by atoms with Gasteiger partial charge in [-0.1, -0.05) is 24.6 Å². The molecule has 0 spiro atoms. The lowest BCUT2D eigenvalue weighted by atomic mass is 9.86. The summed E-state index contributed by atoms with van der Waals surface area (Å²) in [6, 6.07) is 8.10. The molecule has 112 valence electrons. The third-order valence-electron chi connectivity index (χ3n) is 4.85.